The van der Waals surface area contributed by atoms with E-state index < -0.39 is 0 Å². The number of methoxy groups -OCH3 is 1. The third kappa shape index (κ3) is 5.36. The Labute approximate surface area is 162 Å². The molecule has 0 aromatic heterocycles. The number of nitrogens with zero attached hydrogens (tertiary/aromatic N) is 2. The van der Waals surface area contributed by atoms with Crippen LogP contribution in [0.15, 0.2) is 24.3 Å². The minimum atomic E-state index is -0.256. The standard InChI is InChI=1S/C21H33N3O3/c1-21(2,16-23-12-14-27-15-13-23)22-20(25)24-10-8-17(9-11-24)18-6-4-5-7-19(18)26-3/h4-7,17H,8-16H2,1-3H3,(H,22,25). The van der Waals surface area contributed by atoms with E-state index in [9.17, 15) is 4.79 Å². The van der Waals surface area contributed by atoms with E-state index in [-0.39, 0.29) is 11.6 Å². The third-order valence-corrected chi connectivity index (χ3v) is 5.53. The van der Waals surface area contributed by atoms with Crippen molar-refractivity contribution in [2.24, 2.45) is 0 Å². The predicted octanol–water partition coefficient (Wildman–Crippen LogP) is 2.70. The summed E-state index contributed by atoms with van der Waals surface area (Å²) in [6.07, 6.45) is 1.94. The summed E-state index contributed by atoms with van der Waals surface area (Å²) in [6.45, 7) is 10.0. The maximum absolute atomic E-state index is 12.8. The maximum atomic E-state index is 12.8. The molecule has 1 aromatic rings. The van der Waals surface area contributed by atoms with Gasteiger partial charge in [-0.05, 0) is 44.2 Å². The molecular weight excluding hydrogens is 342 g/mol. The van der Waals surface area contributed by atoms with Gasteiger partial charge in [-0.2, -0.15) is 0 Å². The summed E-state index contributed by atoms with van der Waals surface area (Å²) in [5, 5.41) is 3.23. The highest BCUT2D eigenvalue weighted by Gasteiger charge is 2.30. The first kappa shape index (κ1) is 20.0. The molecule has 2 aliphatic rings. The van der Waals surface area contributed by atoms with Gasteiger partial charge in [0.25, 0.3) is 0 Å². The first-order chi connectivity index (χ1) is 13.0. The van der Waals surface area contributed by atoms with Crippen LogP contribution in [0.3, 0.4) is 0 Å². The number of ether oxygens (including phenoxy) is 2. The Morgan fingerprint density at radius 3 is 2.52 bits per heavy atom. The Kier molecular flexibility index (Phi) is 6.60. The van der Waals surface area contributed by atoms with Crippen LogP contribution in [0.4, 0.5) is 4.79 Å². The SMILES string of the molecule is COc1ccccc1C1CCN(C(=O)NC(C)(C)CN2CCOCC2)CC1. The van der Waals surface area contributed by atoms with Crippen LogP contribution in [0, 0.1) is 0 Å². The molecule has 6 heteroatoms. The zero-order chi connectivity index (χ0) is 19.3. The van der Waals surface area contributed by atoms with Crippen molar-refractivity contribution >= 4 is 6.03 Å². The molecule has 0 aliphatic carbocycles. The monoisotopic (exact) mass is 375 g/mol. The molecule has 2 amide bonds. The van der Waals surface area contributed by atoms with Gasteiger partial charge in [0.05, 0.1) is 20.3 Å². The quantitative estimate of drug-likeness (QED) is 0.860. The van der Waals surface area contributed by atoms with Crippen molar-refractivity contribution in [1.82, 2.24) is 15.1 Å². The van der Waals surface area contributed by atoms with Crippen LogP contribution >= 0.6 is 0 Å². The van der Waals surface area contributed by atoms with Crippen LogP contribution in [-0.4, -0.2) is 74.4 Å². The number of hydrogen-bond donors (Lipinski definition) is 1. The lowest BCUT2D eigenvalue weighted by atomic mass is 9.89. The second-order valence-corrected chi connectivity index (χ2v) is 8.21. The van der Waals surface area contributed by atoms with Crippen molar-refractivity contribution in [2.45, 2.75) is 38.1 Å². The number of rotatable bonds is 5. The number of hydrogen-bond acceptors (Lipinski definition) is 4. The van der Waals surface area contributed by atoms with Gasteiger partial charge in [0.2, 0.25) is 0 Å². The lowest BCUT2D eigenvalue weighted by Gasteiger charge is -2.38. The molecule has 0 bridgehead atoms. The maximum Gasteiger partial charge on any atom is 0.317 e. The van der Waals surface area contributed by atoms with Crippen LogP contribution in [-0.2, 0) is 4.74 Å². The Morgan fingerprint density at radius 1 is 1.19 bits per heavy atom. The number of piperidine rings is 1. The van der Waals surface area contributed by atoms with Crippen molar-refractivity contribution in [3.8, 4) is 5.75 Å². The Morgan fingerprint density at radius 2 is 1.85 bits per heavy atom. The van der Waals surface area contributed by atoms with Gasteiger partial charge >= 0.3 is 6.03 Å². The number of likely N-dealkylation sites (tertiary alicyclic amines) is 1. The number of carbonyl (C=O) groups is 1. The summed E-state index contributed by atoms with van der Waals surface area (Å²) >= 11 is 0. The van der Waals surface area contributed by atoms with Gasteiger partial charge in [-0.15, -0.1) is 0 Å². The summed E-state index contributed by atoms with van der Waals surface area (Å²) < 4.78 is 10.9. The summed E-state index contributed by atoms with van der Waals surface area (Å²) in [5.41, 5.74) is 1.00. The van der Waals surface area contributed by atoms with E-state index in [2.05, 4.69) is 36.2 Å². The minimum Gasteiger partial charge on any atom is -0.496 e. The van der Waals surface area contributed by atoms with E-state index in [1.165, 1.54) is 5.56 Å². The molecule has 150 valence electrons. The summed E-state index contributed by atoms with van der Waals surface area (Å²) in [7, 11) is 1.72. The Hall–Kier alpha value is -1.79. The van der Waals surface area contributed by atoms with E-state index in [1.54, 1.807) is 7.11 Å². The number of amides is 2. The highest BCUT2D eigenvalue weighted by atomic mass is 16.5. The number of morpholine rings is 1. The fourth-order valence-electron chi connectivity index (χ4n) is 4.12. The average Bonchev–Trinajstić information content (AvgIpc) is 2.68. The van der Waals surface area contributed by atoms with Gasteiger partial charge in [-0.1, -0.05) is 18.2 Å². The second-order valence-electron chi connectivity index (χ2n) is 8.21. The molecule has 2 aliphatic heterocycles. The molecular formula is C21H33N3O3. The molecule has 27 heavy (non-hydrogen) atoms. The third-order valence-electron chi connectivity index (χ3n) is 5.53. The van der Waals surface area contributed by atoms with E-state index >= 15 is 0 Å². The minimum absolute atomic E-state index is 0.0479. The molecule has 6 nitrogen and oxygen atoms in total. The average molecular weight is 376 g/mol. The van der Waals surface area contributed by atoms with Gasteiger partial charge in [0.1, 0.15) is 5.75 Å². The van der Waals surface area contributed by atoms with Crippen molar-refractivity contribution in [2.75, 3.05) is 53.0 Å². The van der Waals surface area contributed by atoms with E-state index in [4.69, 9.17) is 9.47 Å². The first-order valence-electron chi connectivity index (χ1n) is 9.98. The molecule has 3 rings (SSSR count). The summed E-state index contributed by atoms with van der Waals surface area (Å²) in [4.78, 5) is 17.1. The number of urea groups is 1. The van der Waals surface area contributed by atoms with Crippen LogP contribution in [0.2, 0.25) is 0 Å². The van der Waals surface area contributed by atoms with Gasteiger partial charge in [-0.3, -0.25) is 4.90 Å². The molecule has 1 N–H and O–H groups in total. The molecule has 0 saturated carbocycles. The molecule has 0 atom stereocenters. The molecule has 2 fully saturated rings. The van der Waals surface area contributed by atoms with E-state index in [1.807, 2.05) is 17.0 Å². The van der Waals surface area contributed by atoms with Crippen LogP contribution < -0.4 is 10.1 Å². The highest BCUT2D eigenvalue weighted by molar-refractivity contribution is 5.75. The van der Waals surface area contributed by atoms with Crippen LogP contribution in [0.25, 0.3) is 0 Å². The second kappa shape index (κ2) is 8.93. The van der Waals surface area contributed by atoms with Crippen LogP contribution in [0.1, 0.15) is 38.2 Å². The zero-order valence-electron chi connectivity index (χ0n) is 16.9. The van der Waals surface area contributed by atoms with Crippen molar-refractivity contribution in [3.63, 3.8) is 0 Å². The molecule has 0 radical (unpaired) electrons. The molecule has 2 saturated heterocycles. The van der Waals surface area contributed by atoms with Gasteiger partial charge < -0.3 is 19.7 Å². The highest BCUT2D eigenvalue weighted by Crippen LogP contribution is 2.34. The fourth-order valence-corrected chi connectivity index (χ4v) is 4.12. The normalized spacial score (nSPS) is 19.7. The number of carbonyl (C=O) groups excluding carboxylic acids is 1. The lowest BCUT2D eigenvalue weighted by Crippen LogP contribution is -2.57. The smallest absolute Gasteiger partial charge is 0.317 e. The van der Waals surface area contributed by atoms with Gasteiger partial charge in [-0.25, -0.2) is 4.79 Å². The van der Waals surface area contributed by atoms with Crippen molar-refractivity contribution in [3.05, 3.63) is 29.8 Å². The predicted molar refractivity (Wildman–Crippen MR) is 106 cm³/mol. The van der Waals surface area contributed by atoms with E-state index in [0.717, 1.165) is 64.5 Å². The summed E-state index contributed by atoms with van der Waals surface area (Å²) in [5.74, 6) is 1.40. The van der Waals surface area contributed by atoms with Gasteiger partial charge in [0, 0.05) is 38.3 Å². The topological polar surface area (TPSA) is 54.0 Å². The molecule has 0 spiro atoms. The van der Waals surface area contributed by atoms with Crippen molar-refractivity contribution < 1.29 is 14.3 Å². The zero-order valence-corrected chi connectivity index (χ0v) is 16.9. The van der Waals surface area contributed by atoms with E-state index in [0.29, 0.717) is 5.92 Å². The number of benzene rings is 1. The molecule has 1 aromatic carbocycles. The largest absolute Gasteiger partial charge is 0.496 e. The number of para-hydroxylation sites is 1. The van der Waals surface area contributed by atoms with Gasteiger partial charge in [0.15, 0.2) is 0 Å². The Balaban J connectivity index is 1.50. The fraction of sp³-hybridized carbons (Fsp3) is 0.667. The number of nitrogens with one attached hydrogen (secondary N) is 1. The summed E-state index contributed by atoms with van der Waals surface area (Å²) in [6, 6.07) is 8.27. The first-order valence-corrected chi connectivity index (χ1v) is 9.98. The van der Waals surface area contributed by atoms with Crippen LogP contribution in [0.5, 0.6) is 5.75 Å². The molecule has 2 heterocycles. The molecule has 0 unspecified atom stereocenters. The lowest BCUT2D eigenvalue weighted by molar-refractivity contribution is 0.0274. The van der Waals surface area contributed by atoms with Crippen molar-refractivity contribution in [1.29, 1.82) is 0 Å². The Bertz CT molecular complexity index is 621.